The van der Waals surface area contributed by atoms with Crippen LogP contribution in [0.15, 0.2) is 53.5 Å². The fourth-order valence-electron chi connectivity index (χ4n) is 6.67. The zero-order valence-corrected chi connectivity index (χ0v) is 24.3. The van der Waals surface area contributed by atoms with Crippen LogP contribution >= 0.6 is 0 Å². The van der Waals surface area contributed by atoms with Crippen LogP contribution in [0.5, 0.6) is 11.5 Å². The molecule has 3 aromatic rings. The summed E-state index contributed by atoms with van der Waals surface area (Å²) in [5.41, 5.74) is 2.37. The normalized spacial score (nSPS) is 20.4. The first kappa shape index (κ1) is 27.5. The molecule has 222 valence electrons. The molecule has 43 heavy (non-hydrogen) atoms. The molecule has 7 rings (SSSR count). The summed E-state index contributed by atoms with van der Waals surface area (Å²) in [5, 5.41) is 1.68. The minimum atomic E-state index is -0.214. The van der Waals surface area contributed by atoms with Crippen LogP contribution in [-0.4, -0.2) is 116 Å². The van der Waals surface area contributed by atoms with Gasteiger partial charge in [0.05, 0.1) is 24.4 Å². The molecule has 0 radical (unpaired) electrons. The average molecular weight is 582 g/mol. The maximum Gasteiger partial charge on any atom is 0.261 e. The molecule has 10 heteroatoms. The van der Waals surface area contributed by atoms with Gasteiger partial charge in [0.1, 0.15) is 6.61 Å². The Labute approximate surface area is 250 Å². The van der Waals surface area contributed by atoms with Crippen molar-refractivity contribution in [3.05, 3.63) is 65.2 Å². The number of amides is 3. The SMILES string of the molecule is COc1cc2c(cc1OCCN1CCN(CCN3C(=O)c4cccc5cccc(c45)C3=O)CC1)N=C[C@@H]1CCCN1C2=O. The second-order valence-corrected chi connectivity index (χ2v) is 11.5. The standard InChI is InChI=1S/C33H35N5O5/c1-42-28-19-26-27(34-21-23-7-4-10-37(23)33(26)41)20-29(28)43-18-17-36-13-11-35(12-14-36)15-16-38-31(39)24-8-2-5-22-6-3-9-25(30(22)24)32(38)40/h2-3,5-6,8-9,19-21,23H,4,7,10-18H2,1H3/t23-/m0/s1. The topological polar surface area (TPSA) is 95.0 Å². The Hall–Kier alpha value is -4.28. The number of methoxy groups -OCH3 is 1. The molecule has 2 saturated heterocycles. The van der Waals surface area contributed by atoms with Crippen LogP contribution in [0.25, 0.3) is 10.8 Å². The smallest absolute Gasteiger partial charge is 0.261 e. The van der Waals surface area contributed by atoms with Crippen molar-refractivity contribution >= 4 is 40.4 Å². The minimum Gasteiger partial charge on any atom is -0.493 e. The van der Waals surface area contributed by atoms with Gasteiger partial charge in [0.25, 0.3) is 17.7 Å². The number of piperazine rings is 1. The summed E-state index contributed by atoms with van der Waals surface area (Å²) in [4.78, 5) is 52.1. The molecule has 0 spiro atoms. The number of imide groups is 1. The highest BCUT2D eigenvalue weighted by atomic mass is 16.5. The Balaban J connectivity index is 0.915. The van der Waals surface area contributed by atoms with Crippen molar-refractivity contribution in [3.8, 4) is 11.5 Å². The number of hydrogen-bond donors (Lipinski definition) is 0. The van der Waals surface area contributed by atoms with Crippen molar-refractivity contribution in [3.63, 3.8) is 0 Å². The fraction of sp³-hybridized carbons (Fsp3) is 0.394. The van der Waals surface area contributed by atoms with E-state index in [0.29, 0.717) is 53.6 Å². The van der Waals surface area contributed by atoms with Crippen molar-refractivity contribution < 1.29 is 23.9 Å². The molecule has 4 aliphatic rings. The van der Waals surface area contributed by atoms with E-state index in [0.717, 1.165) is 62.9 Å². The molecule has 4 aliphatic heterocycles. The third-order valence-electron chi connectivity index (χ3n) is 9.08. The minimum absolute atomic E-state index is 0.00563. The number of carbonyl (C=O) groups is 3. The first-order valence-corrected chi connectivity index (χ1v) is 15.0. The summed E-state index contributed by atoms with van der Waals surface area (Å²) in [6, 6.07) is 14.9. The molecule has 2 fully saturated rings. The number of fused-ring (bicyclic) bond motifs is 2. The highest BCUT2D eigenvalue weighted by Crippen LogP contribution is 2.38. The molecule has 10 nitrogen and oxygen atoms in total. The van der Waals surface area contributed by atoms with Gasteiger partial charge in [-0.15, -0.1) is 0 Å². The lowest BCUT2D eigenvalue weighted by molar-refractivity contribution is 0.0567. The van der Waals surface area contributed by atoms with Gasteiger partial charge in [0, 0.05) is 81.2 Å². The maximum atomic E-state index is 13.2. The highest BCUT2D eigenvalue weighted by molar-refractivity contribution is 6.25. The Morgan fingerprint density at radius 1 is 0.791 bits per heavy atom. The van der Waals surface area contributed by atoms with Gasteiger partial charge in [0.2, 0.25) is 0 Å². The molecule has 3 amide bonds. The van der Waals surface area contributed by atoms with Crippen LogP contribution in [0.3, 0.4) is 0 Å². The van der Waals surface area contributed by atoms with E-state index in [9.17, 15) is 14.4 Å². The van der Waals surface area contributed by atoms with E-state index < -0.39 is 0 Å². The van der Waals surface area contributed by atoms with Crippen LogP contribution in [0, 0.1) is 0 Å². The van der Waals surface area contributed by atoms with E-state index in [1.54, 1.807) is 13.2 Å². The van der Waals surface area contributed by atoms with Gasteiger partial charge >= 0.3 is 0 Å². The molecule has 0 N–H and O–H groups in total. The zero-order chi connectivity index (χ0) is 29.5. The third-order valence-corrected chi connectivity index (χ3v) is 9.08. The van der Waals surface area contributed by atoms with E-state index in [-0.39, 0.29) is 23.8 Å². The zero-order valence-electron chi connectivity index (χ0n) is 24.3. The monoisotopic (exact) mass is 581 g/mol. The van der Waals surface area contributed by atoms with Crippen LogP contribution in [0.1, 0.15) is 43.9 Å². The molecule has 0 unspecified atom stereocenters. The van der Waals surface area contributed by atoms with Crippen molar-refractivity contribution in [1.82, 2.24) is 19.6 Å². The second-order valence-electron chi connectivity index (χ2n) is 11.5. The van der Waals surface area contributed by atoms with Gasteiger partial charge in [0.15, 0.2) is 11.5 Å². The first-order chi connectivity index (χ1) is 21.0. The third kappa shape index (κ3) is 5.04. The lowest BCUT2D eigenvalue weighted by Crippen LogP contribution is -2.50. The predicted molar refractivity (Wildman–Crippen MR) is 163 cm³/mol. The average Bonchev–Trinajstić information content (AvgIpc) is 3.47. The second kappa shape index (κ2) is 11.4. The fourth-order valence-corrected chi connectivity index (χ4v) is 6.67. The van der Waals surface area contributed by atoms with Gasteiger partial charge in [-0.25, -0.2) is 0 Å². The number of carbonyl (C=O) groups excluding carboxylic acids is 3. The van der Waals surface area contributed by atoms with Gasteiger partial charge in [-0.05, 0) is 36.4 Å². The number of ether oxygens (including phenoxy) is 2. The molecule has 0 aromatic heterocycles. The van der Waals surface area contributed by atoms with E-state index in [1.165, 1.54) is 4.90 Å². The number of hydrogen-bond acceptors (Lipinski definition) is 8. The predicted octanol–water partition coefficient (Wildman–Crippen LogP) is 3.46. The van der Waals surface area contributed by atoms with Crippen molar-refractivity contribution in [2.24, 2.45) is 4.99 Å². The van der Waals surface area contributed by atoms with E-state index in [2.05, 4.69) is 14.8 Å². The molecular weight excluding hydrogens is 546 g/mol. The summed E-state index contributed by atoms with van der Waals surface area (Å²) < 4.78 is 11.7. The van der Waals surface area contributed by atoms with E-state index in [1.807, 2.05) is 53.6 Å². The van der Waals surface area contributed by atoms with Crippen LogP contribution < -0.4 is 9.47 Å². The first-order valence-electron chi connectivity index (χ1n) is 15.0. The van der Waals surface area contributed by atoms with Gasteiger partial charge in [-0.1, -0.05) is 24.3 Å². The van der Waals surface area contributed by atoms with Crippen molar-refractivity contribution in [2.75, 3.05) is 66.1 Å². The summed E-state index contributed by atoms with van der Waals surface area (Å²) in [5.74, 6) is 0.682. The summed E-state index contributed by atoms with van der Waals surface area (Å²) in [7, 11) is 1.58. The molecular formula is C33H35N5O5. The quantitative estimate of drug-likeness (QED) is 0.376. The maximum absolute atomic E-state index is 13.2. The Morgan fingerprint density at radius 3 is 2.19 bits per heavy atom. The molecule has 0 bridgehead atoms. The van der Waals surface area contributed by atoms with Crippen LogP contribution in [-0.2, 0) is 0 Å². The number of aliphatic imine (C=N–C) groups is 1. The summed E-state index contributed by atoms with van der Waals surface area (Å²) >= 11 is 0. The highest BCUT2D eigenvalue weighted by Gasteiger charge is 2.34. The van der Waals surface area contributed by atoms with Gasteiger partial charge < -0.3 is 14.4 Å². The Bertz CT molecular complexity index is 1580. The molecule has 0 aliphatic carbocycles. The largest absolute Gasteiger partial charge is 0.493 e. The molecule has 0 saturated carbocycles. The summed E-state index contributed by atoms with van der Waals surface area (Å²) in [6.07, 6.45) is 3.81. The van der Waals surface area contributed by atoms with Crippen LogP contribution in [0.2, 0.25) is 0 Å². The lowest BCUT2D eigenvalue weighted by Gasteiger charge is -2.36. The van der Waals surface area contributed by atoms with Gasteiger partial charge in [-0.3, -0.25) is 34.1 Å². The number of rotatable bonds is 8. The van der Waals surface area contributed by atoms with E-state index in [4.69, 9.17) is 9.47 Å². The number of benzene rings is 3. The molecule has 3 aromatic carbocycles. The molecule has 1 atom stereocenters. The lowest BCUT2D eigenvalue weighted by atomic mass is 9.94. The Morgan fingerprint density at radius 2 is 1.49 bits per heavy atom. The Kier molecular flexibility index (Phi) is 7.32. The van der Waals surface area contributed by atoms with Crippen molar-refractivity contribution in [2.45, 2.75) is 18.9 Å². The summed E-state index contributed by atoms with van der Waals surface area (Å²) in [6.45, 7) is 6.41. The number of nitrogens with zero attached hydrogens (tertiary/aromatic N) is 5. The van der Waals surface area contributed by atoms with Crippen molar-refractivity contribution in [1.29, 1.82) is 0 Å². The van der Waals surface area contributed by atoms with Crippen LogP contribution in [0.4, 0.5) is 5.69 Å². The van der Waals surface area contributed by atoms with E-state index >= 15 is 0 Å². The van der Waals surface area contributed by atoms with Gasteiger partial charge in [-0.2, -0.15) is 0 Å². The molecule has 4 heterocycles.